The van der Waals surface area contributed by atoms with Crippen molar-refractivity contribution in [3.8, 4) is 0 Å². The molecule has 0 unspecified atom stereocenters. The Kier molecular flexibility index (Phi) is 4.09. The molecule has 102 valence electrons. The standard InChI is InChI=1S/C13H16BrFN4/c1-3-12-8(7-19(2)18-12)6-17-13-4-9(14)10(15)5-11(13)16/h4-5,7,17H,3,6,16H2,1-2H3. The van der Waals surface area contributed by atoms with Crippen LogP contribution < -0.4 is 11.1 Å². The molecule has 6 heteroatoms. The second-order valence-corrected chi connectivity index (χ2v) is 5.19. The van der Waals surface area contributed by atoms with Crippen LogP contribution in [0.5, 0.6) is 0 Å². The normalized spacial score (nSPS) is 10.7. The average Bonchev–Trinajstić information content (AvgIpc) is 2.72. The van der Waals surface area contributed by atoms with Gasteiger partial charge in [0.15, 0.2) is 0 Å². The van der Waals surface area contributed by atoms with Gasteiger partial charge in [-0.3, -0.25) is 4.68 Å². The smallest absolute Gasteiger partial charge is 0.139 e. The van der Waals surface area contributed by atoms with E-state index in [1.165, 1.54) is 6.07 Å². The molecule has 3 N–H and O–H groups in total. The third-order valence-corrected chi connectivity index (χ3v) is 3.50. The van der Waals surface area contributed by atoms with Crippen LogP contribution in [0.15, 0.2) is 22.8 Å². The van der Waals surface area contributed by atoms with Crippen molar-refractivity contribution in [3.63, 3.8) is 0 Å². The van der Waals surface area contributed by atoms with E-state index in [9.17, 15) is 4.39 Å². The number of aromatic nitrogens is 2. The Bertz CT molecular complexity index is 595. The molecule has 0 amide bonds. The predicted octanol–water partition coefficient (Wildman–Crippen LogP) is 3.08. The summed E-state index contributed by atoms with van der Waals surface area (Å²) in [6, 6.07) is 2.95. The van der Waals surface area contributed by atoms with Crippen LogP contribution in [-0.4, -0.2) is 9.78 Å². The number of nitrogens with zero attached hydrogens (tertiary/aromatic N) is 2. The minimum Gasteiger partial charge on any atom is -0.397 e. The summed E-state index contributed by atoms with van der Waals surface area (Å²) in [7, 11) is 1.89. The van der Waals surface area contributed by atoms with Gasteiger partial charge in [0, 0.05) is 31.4 Å². The van der Waals surface area contributed by atoms with E-state index in [-0.39, 0.29) is 5.82 Å². The largest absolute Gasteiger partial charge is 0.397 e. The van der Waals surface area contributed by atoms with Gasteiger partial charge in [0.1, 0.15) is 5.82 Å². The Morgan fingerprint density at radius 3 is 2.89 bits per heavy atom. The SMILES string of the molecule is CCc1nn(C)cc1CNc1cc(Br)c(F)cc1N. The molecule has 2 aromatic rings. The summed E-state index contributed by atoms with van der Waals surface area (Å²) in [5.41, 5.74) is 9.05. The van der Waals surface area contributed by atoms with Gasteiger partial charge in [0.25, 0.3) is 0 Å². The molecule has 0 saturated carbocycles. The summed E-state index contributed by atoms with van der Waals surface area (Å²) in [6.07, 6.45) is 2.85. The van der Waals surface area contributed by atoms with E-state index in [1.807, 2.05) is 13.2 Å². The molecule has 1 aromatic carbocycles. The Morgan fingerprint density at radius 2 is 2.21 bits per heavy atom. The molecule has 0 aliphatic heterocycles. The molecule has 0 aliphatic carbocycles. The monoisotopic (exact) mass is 326 g/mol. The lowest BCUT2D eigenvalue weighted by Crippen LogP contribution is -2.04. The zero-order valence-corrected chi connectivity index (χ0v) is 12.5. The lowest BCUT2D eigenvalue weighted by molar-refractivity contribution is 0.622. The van der Waals surface area contributed by atoms with Crippen molar-refractivity contribution in [2.24, 2.45) is 7.05 Å². The van der Waals surface area contributed by atoms with Crippen molar-refractivity contribution in [2.45, 2.75) is 19.9 Å². The van der Waals surface area contributed by atoms with Crippen molar-refractivity contribution in [3.05, 3.63) is 39.9 Å². The number of rotatable bonds is 4. The van der Waals surface area contributed by atoms with Gasteiger partial charge in [-0.2, -0.15) is 5.10 Å². The lowest BCUT2D eigenvalue weighted by Gasteiger charge is -2.10. The lowest BCUT2D eigenvalue weighted by atomic mass is 10.2. The number of hydrogen-bond donors (Lipinski definition) is 2. The van der Waals surface area contributed by atoms with Gasteiger partial charge >= 0.3 is 0 Å². The molecule has 2 rings (SSSR count). The van der Waals surface area contributed by atoms with Crippen LogP contribution in [0.1, 0.15) is 18.2 Å². The van der Waals surface area contributed by atoms with Crippen molar-refractivity contribution >= 4 is 27.3 Å². The zero-order chi connectivity index (χ0) is 14.0. The van der Waals surface area contributed by atoms with Gasteiger partial charge in [-0.25, -0.2) is 4.39 Å². The number of halogens is 2. The van der Waals surface area contributed by atoms with Crippen LogP contribution >= 0.6 is 15.9 Å². The molecule has 0 saturated heterocycles. The summed E-state index contributed by atoms with van der Waals surface area (Å²) < 4.78 is 15.5. The minimum atomic E-state index is -0.362. The number of hydrogen-bond acceptors (Lipinski definition) is 3. The van der Waals surface area contributed by atoms with Crippen molar-refractivity contribution in [2.75, 3.05) is 11.1 Å². The topological polar surface area (TPSA) is 55.9 Å². The highest BCUT2D eigenvalue weighted by molar-refractivity contribution is 9.10. The number of nitrogens with one attached hydrogen (secondary N) is 1. The van der Waals surface area contributed by atoms with E-state index >= 15 is 0 Å². The predicted molar refractivity (Wildman–Crippen MR) is 78.4 cm³/mol. The number of anilines is 2. The number of nitrogen functional groups attached to an aromatic ring is 1. The molecule has 0 atom stereocenters. The maximum Gasteiger partial charge on any atom is 0.139 e. The number of nitrogens with two attached hydrogens (primary N) is 1. The highest BCUT2D eigenvalue weighted by Gasteiger charge is 2.08. The van der Waals surface area contributed by atoms with Crippen LogP contribution in [0.2, 0.25) is 0 Å². The summed E-state index contributed by atoms with van der Waals surface area (Å²) in [4.78, 5) is 0. The highest BCUT2D eigenvalue weighted by Crippen LogP contribution is 2.27. The van der Waals surface area contributed by atoms with Gasteiger partial charge in [-0.15, -0.1) is 0 Å². The van der Waals surface area contributed by atoms with Crippen LogP contribution in [0.25, 0.3) is 0 Å². The Hall–Kier alpha value is -1.56. The Morgan fingerprint density at radius 1 is 1.47 bits per heavy atom. The van der Waals surface area contributed by atoms with Crippen molar-refractivity contribution < 1.29 is 4.39 Å². The van der Waals surface area contributed by atoms with Gasteiger partial charge in [-0.1, -0.05) is 6.92 Å². The average molecular weight is 327 g/mol. The van der Waals surface area contributed by atoms with Gasteiger partial charge < -0.3 is 11.1 Å². The number of benzene rings is 1. The fraction of sp³-hybridized carbons (Fsp3) is 0.308. The maximum absolute atomic E-state index is 13.3. The van der Waals surface area contributed by atoms with Crippen molar-refractivity contribution in [1.82, 2.24) is 9.78 Å². The fourth-order valence-corrected chi connectivity index (χ4v) is 2.28. The molecule has 0 spiro atoms. The van der Waals surface area contributed by atoms with Gasteiger partial charge in [-0.05, 0) is 28.4 Å². The van der Waals surface area contributed by atoms with E-state index in [0.29, 0.717) is 22.4 Å². The third-order valence-electron chi connectivity index (χ3n) is 2.89. The minimum absolute atomic E-state index is 0.362. The molecule has 1 heterocycles. The molecule has 0 radical (unpaired) electrons. The quantitative estimate of drug-likeness (QED) is 0.849. The molecule has 1 aromatic heterocycles. The van der Waals surface area contributed by atoms with E-state index in [4.69, 9.17) is 5.73 Å². The summed E-state index contributed by atoms with van der Waals surface area (Å²) >= 11 is 3.15. The van der Waals surface area contributed by atoms with Crippen LogP contribution in [-0.2, 0) is 20.0 Å². The molecule has 4 nitrogen and oxygen atoms in total. The second kappa shape index (κ2) is 5.61. The third kappa shape index (κ3) is 3.07. The summed E-state index contributed by atoms with van der Waals surface area (Å²) in [5.74, 6) is -0.362. The first kappa shape index (κ1) is 13.9. The molecule has 19 heavy (non-hydrogen) atoms. The number of aryl methyl sites for hydroxylation is 2. The summed E-state index contributed by atoms with van der Waals surface area (Å²) in [5, 5.41) is 7.58. The van der Waals surface area contributed by atoms with E-state index < -0.39 is 0 Å². The van der Waals surface area contributed by atoms with Gasteiger partial charge in [0.2, 0.25) is 0 Å². The molecule has 0 aliphatic rings. The van der Waals surface area contributed by atoms with E-state index in [1.54, 1.807) is 10.7 Å². The summed E-state index contributed by atoms with van der Waals surface area (Å²) in [6.45, 7) is 2.67. The van der Waals surface area contributed by atoms with Crippen molar-refractivity contribution in [1.29, 1.82) is 0 Å². The van der Waals surface area contributed by atoms with E-state index in [0.717, 1.165) is 17.7 Å². The van der Waals surface area contributed by atoms with Gasteiger partial charge in [0.05, 0.1) is 21.5 Å². The van der Waals surface area contributed by atoms with Crippen LogP contribution in [0.4, 0.5) is 15.8 Å². The first-order valence-corrected chi connectivity index (χ1v) is 6.80. The Balaban J connectivity index is 2.16. The highest BCUT2D eigenvalue weighted by atomic mass is 79.9. The second-order valence-electron chi connectivity index (χ2n) is 4.34. The zero-order valence-electron chi connectivity index (χ0n) is 10.9. The van der Waals surface area contributed by atoms with E-state index in [2.05, 4.69) is 33.3 Å². The van der Waals surface area contributed by atoms with Crippen LogP contribution in [0, 0.1) is 5.82 Å². The first-order valence-electron chi connectivity index (χ1n) is 6.01. The Labute approximate surface area is 119 Å². The maximum atomic E-state index is 13.3. The molecular weight excluding hydrogens is 311 g/mol. The van der Waals surface area contributed by atoms with Crippen LogP contribution in [0.3, 0.4) is 0 Å². The molecule has 0 bridgehead atoms. The molecule has 0 fully saturated rings. The first-order chi connectivity index (χ1) is 9.01. The fourth-order valence-electron chi connectivity index (χ4n) is 1.93. The molecular formula is C13H16BrFN4.